The highest BCUT2D eigenvalue weighted by Crippen LogP contribution is 2.16. The van der Waals surface area contributed by atoms with Crippen LogP contribution < -0.4 is 11.0 Å². The molecule has 19 heavy (non-hydrogen) atoms. The summed E-state index contributed by atoms with van der Waals surface area (Å²) in [5.74, 6) is 2.64. The number of terminal acetylenes is 1. The second-order valence-electron chi connectivity index (χ2n) is 4.72. The lowest BCUT2D eigenvalue weighted by atomic mass is 10.1. The van der Waals surface area contributed by atoms with Crippen LogP contribution in [0.2, 0.25) is 0 Å². The summed E-state index contributed by atoms with van der Waals surface area (Å²) in [6.07, 6.45) is 8.19. The SMILES string of the molecule is C#CCCCCNC(C)c1ccc2[nH]c(=O)[nH]c2c1. The lowest BCUT2D eigenvalue weighted by molar-refractivity contribution is 0.550. The van der Waals surface area contributed by atoms with E-state index in [-0.39, 0.29) is 11.7 Å². The molecule has 100 valence electrons. The number of hydrogen-bond acceptors (Lipinski definition) is 2. The van der Waals surface area contributed by atoms with E-state index in [1.54, 1.807) is 0 Å². The minimum absolute atomic E-state index is 0.165. The van der Waals surface area contributed by atoms with Gasteiger partial charge in [-0.25, -0.2) is 4.79 Å². The van der Waals surface area contributed by atoms with Crippen molar-refractivity contribution in [2.75, 3.05) is 6.54 Å². The van der Waals surface area contributed by atoms with Crippen LogP contribution in [0.15, 0.2) is 23.0 Å². The summed E-state index contributed by atoms with van der Waals surface area (Å²) in [5.41, 5.74) is 2.69. The standard InChI is InChI=1S/C15H19N3O/c1-3-4-5-6-9-16-11(2)12-7-8-13-14(10-12)18-15(19)17-13/h1,7-8,10-11,16H,4-6,9H2,2H3,(H2,17,18,19). The first-order valence-electron chi connectivity index (χ1n) is 6.59. The van der Waals surface area contributed by atoms with Gasteiger partial charge in [-0.15, -0.1) is 12.3 Å². The summed E-state index contributed by atoms with van der Waals surface area (Å²) < 4.78 is 0. The zero-order valence-electron chi connectivity index (χ0n) is 11.1. The fraction of sp³-hybridized carbons (Fsp3) is 0.400. The number of nitrogens with one attached hydrogen (secondary N) is 3. The van der Waals surface area contributed by atoms with Crippen LogP contribution in [0, 0.1) is 12.3 Å². The number of imidazole rings is 1. The summed E-state index contributed by atoms with van der Waals surface area (Å²) in [6, 6.07) is 6.23. The average molecular weight is 257 g/mol. The van der Waals surface area contributed by atoms with Gasteiger partial charge >= 0.3 is 5.69 Å². The fourth-order valence-corrected chi connectivity index (χ4v) is 2.11. The van der Waals surface area contributed by atoms with Gasteiger partial charge in [-0.3, -0.25) is 0 Å². The Hall–Kier alpha value is -1.99. The van der Waals surface area contributed by atoms with Gasteiger partial charge in [0.05, 0.1) is 11.0 Å². The highest BCUT2D eigenvalue weighted by molar-refractivity contribution is 5.75. The second kappa shape index (κ2) is 6.26. The van der Waals surface area contributed by atoms with Crippen LogP contribution in [0.1, 0.15) is 37.8 Å². The van der Waals surface area contributed by atoms with Crippen molar-refractivity contribution in [3.05, 3.63) is 34.2 Å². The smallest absolute Gasteiger partial charge is 0.310 e. The molecule has 1 heterocycles. The van der Waals surface area contributed by atoms with Crippen molar-refractivity contribution < 1.29 is 0 Å². The molecule has 1 unspecified atom stereocenters. The summed E-state index contributed by atoms with van der Waals surface area (Å²) >= 11 is 0. The Labute approximate surface area is 112 Å². The highest BCUT2D eigenvalue weighted by Gasteiger charge is 2.06. The Bertz CT molecular complexity index is 633. The zero-order chi connectivity index (χ0) is 13.7. The molecule has 0 radical (unpaired) electrons. The normalized spacial score (nSPS) is 12.4. The summed E-state index contributed by atoms with van der Waals surface area (Å²) in [4.78, 5) is 16.7. The fourth-order valence-electron chi connectivity index (χ4n) is 2.11. The molecule has 1 aromatic heterocycles. The molecule has 2 rings (SSSR count). The molecule has 0 amide bonds. The topological polar surface area (TPSA) is 60.7 Å². The van der Waals surface area contributed by atoms with E-state index in [0.717, 1.165) is 36.8 Å². The number of aromatic amines is 2. The van der Waals surface area contributed by atoms with Crippen molar-refractivity contribution in [1.29, 1.82) is 0 Å². The van der Waals surface area contributed by atoms with Crippen molar-refractivity contribution in [2.45, 2.75) is 32.2 Å². The number of benzene rings is 1. The Balaban J connectivity index is 1.95. The summed E-state index contributed by atoms with van der Waals surface area (Å²) in [7, 11) is 0. The van der Waals surface area contributed by atoms with Crippen LogP contribution in [-0.4, -0.2) is 16.5 Å². The van der Waals surface area contributed by atoms with Crippen LogP contribution in [0.5, 0.6) is 0 Å². The van der Waals surface area contributed by atoms with E-state index in [9.17, 15) is 4.79 Å². The number of aromatic nitrogens is 2. The van der Waals surface area contributed by atoms with Crippen LogP contribution in [0.3, 0.4) is 0 Å². The predicted molar refractivity (Wildman–Crippen MR) is 78.0 cm³/mol. The molecule has 3 N–H and O–H groups in total. The molecule has 0 aliphatic rings. The number of rotatable bonds is 6. The maximum Gasteiger partial charge on any atom is 0.323 e. The first kappa shape index (κ1) is 13.4. The Morgan fingerprint density at radius 2 is 2.11 bits per heavy atom. The lowest BCUT2D eigenvalue weighted by Gasteiger charge is -2.14. The minimum Gasteiger partial charge on any atom is -0.310 e. The number of fused-ring (bicyclic) bond motifs is 1. The third kappa shape index (κ3) is 3.49. The van der Waals surface area contributed by atoms with E-state index in [1.807, 2.05) is 18.2 Å². The van der Waals surface area contributed by atoms with Crippen LogP contribution in [0.25, 0.3) is 11.0 Å². The molecule has 4 nitrogen and oxygen atoms in total. The molecule has 0 aliphatic heterocycles. The molecule has 2 aromatic rings. The van der Waals surface area contributed by atoms with E-state index in [2.05, 4.69) is 28.1 Å². The molecule has 0 spiro atoms. The molecule has 4 heteroatoms. The molecule has 1 atom stereocenters. The number of H-pyrrole nitrogens is 2. The predicted octanol–water partition coefficient (Wildman–Crippen LogP) is 2.31. The van der Waals surface area contributed by atoms with Gasteiger partial charge in [0.15, 0.2) is 0 Å². The van der Waals surface area contributed by atoms with Crippen LogP contribution >= 0.6 is 0 Å². The largest absolute Gasteiger partial charge is 0.323 e. The molecule has 0 aliphatic carbocycles. The van der Waals surface area contributed by atoms with Gasteiger partial charge in [0.2, 0.25) is 0 Å². The lowest BCUT2D eigenvalue weighted by Crippen LogP contribution is -2.19. The van der Waals surface area contributed by atoms with Gasteiger partial charge in [0.25, 0.3) is 0 Å². The second-order valence-corrected chi connectivity index (χ2v) is 4.72. The van der Waals surface area contributed by atoms with Crippen molar-refractivity contribution in [3.8, 4) is 12.3 Å². The first-order valence-corrected chi connectivity index (χ1v) is 6.59. The number of unbranched alkanes of at least 4 members (excludes halogenated alkanes) is 2. The first-order chi connectivity index (χ1) is 9.20. The number of hydrogen-bond donors (Lipinski definition) is 3. The van der Waals surface area contributed by atoms with E-state index in [1.165, 1.54) is 5.56 Å². The Morgan fingerprint density at radius 1 is 1.32 bits per heavy atom. The quantitative estimate of drug-likeness (QED) is 0.549. The Morgan fingerprint density at radius 3 is 2.89 bits per heavy atom. The van der Waals surface area contributed by atoms with Crippen LogP contribution in [0.4, 0.5) is 0 Å². The molecule has 1 aromatic carbocycles. The average Bonchev–Trinajstić information content (AvgIpc) is 2.77. The summed E-state index contributed by atoms with van der Waals surface area (Å²) in [5, 5.41) is 3.46. The van der Waals surface area contributed by atoms with E-state index < -0.39 is 0 Å². The highest BCUT2D eigenvalue weighted by atomic mass is 16.1. The Kier molecular flexibility index (Phi) is 4.43. The van der Waals surface area contributed by atoms with Crippen molar-refractivity contribution >= 4 is 11.0 Å². The molecular formula is C15H19N3O. The van der Waals surface area contributed by atoms with Gasteiger partial charge < -0.3 is 15.3 Å². The maximum atomic E-state index is 11.2. The van der Waals surface area contributed by atoms with Gasteiger partial charge in [-0.1, -0.05) is 6.07 Å². The third-order valence-corrected chi connectivity index (χ3v) is 3.24. The van der Waals surface area contributed by atoms with Gasteiger partial charge in [-0.05, 0) is 44.0 Å². The molecule has 0 saturated heterocycles. The van der Waals surface area contributed by atoms with Crippen molar-refractivity contribution in [2.24, 2.45) is 0 Å². The van der Waals surface area contributed by atoms with Gasteiger partial charge in [0.1, 0.15) is 0 Å². The molecule has 0 bridgehead atoms. The van der Waals surface area contributed by atoms with E-state index >= 15 is 0 Å². The van der Waals surface area contributed by atoms with Gasteiger partial charge in [-0.2, -0.15) is 0 Å². The minimum atomic E-state index is -0.165. The summed E-state index contributed by atoms with van der Waals surface area (Å²) in [6.45, 7) is 3.07. The molecular weight excluding hydrogens is 238 g/mol. The third-order valence-electron chi connectivity index (χ3n) is 3.24. The van der Waals surface area contributed by atoms with Crippen molar-refractivity contribution in [3.63, 3.8) is 0 Å². The van der Waals surface area contributed by atoms with Crippen LogP contribution in [-0.2, 0) is 0 Å². The van der Waals surface area contributed by atoms with E-state index in [4.69, 9.17) is 6.42 Å². The monoisotopic (exact) mass is 257 g/mol. The molecule has 0 saturated carbocycles. The van der Waals surface area contributed by atoms with Gasteiger partial charge in [0, 0.05) is 12.5 Å². The van der Waals surface area contributed by atoms with Crippen molar-refractivity contribution in [1.82, 2.24) is 15.3 Å². The zero-order valence-corrected chi connectivity index (χ0v) is 11.1. The molecule has 0 fully saturated rings. The maximum absolute atomic E-state index is 11.2. The van der Waals surface area contributed by atoms with E-state index in [0.29, 0.717) is 0 Å².